The summed E-state index contributed by atoms with van der Waals surface area (Å²) in [6.45, 7) is 13.6. The van der Waals surface area contributed by atoms with Gasteiger partial charge in [-0.15, -0.1) is 0 Å². The fourth-order valence-electron chi connectivity index (χ4n) is 5.62. The van der Waals surface area contributed by atoms with Gasteiger partial charge in [-0.3, -0.25) is 4.79 Å². The molecule has 0 bridgehead atoms. The molecule has 33 heavy (non-hydrogen) atoms. The van der Waals surface area contributed by atoms with E-state index in [1.165, 1.54) is 0 Å². The van der Waals surface area contributed by atoms with E-state index in [1.54, 1.807) is 24.3 Å². The minimum Gasteiger partial charge on any atom is -0.349 e. The molecular formula is C27H44N2O3S. The molecule has 2 aliphatic rings. The van der Waals surface area contributed by atoms with Crippen LogP contribution in [0.1, 0.15) is 103 Å². The van der Waals surface area contributed by atoms with E-state index in [9.17, 15) is 13.2 Å². The molecule has 0 aliphatic heterocycles. The molecule has 3 rings (SSSR count). The number of benzene rings is 1. The Morgan fingerprint density at radius 2 is 1.21 bits per heavy atom. The van der Waals surface area contributed by atoms with Gasteiger partial charge in [0, 0.05) is 12.1 Å². The summed E-state index contributed by atoms with van der Waals surface area (Å²) in [6, 6.07) is 6.63. The van der Waals surface area contributed by atoms with Gasteiger partial charge in [-0.25, -0.2) is 13.1 Å². The average Bonchev–Trinajstić information content (AvgIpc) is 2.73. The fourth-order valence-corrected chi connectivity index (χ4v) is 7.13. The number of carbonyl (C=O) groups excluding carboxylic acids is 1. The van der Waals surface area contributed by atoms with Gasteiger partial charge in [0.2, 0.25) is 10.0 Å². The second-order valence-electron chi connectivity index (χ2n) is 12.4. The van der Waals surface area contributed by atoms with Crippen LogP contribution in [0, 0.1) is 22.7 Å². The molecule has 0 aromatic heterocycles. The number of amides is 1. The zero-order valence-corrected chi connectivity index (χ0v) is 22.2. The molecule has 2 saturated carbocycles. The first-order valence-corrected chi connectivity index (χ1v) is 14.2. The summed E-state index contributed by atoms with van der Waals surface area (Å²) in [5.41, 5.74) is 0.778. The van der Waals surface area contributed by atoms with Crippen LogP contribution in [0.15, 0.2) is 29.2 Å². The predicted molar refractivity (Wildman–Crippen MR) is 135 cm³/mol. The molecule has 1 amide bonds. The minimum atomic E-state index is -3.77. The lowest BCUT2D eigenvalue weighted by molar-refractivity contribution is 0.0900. The van der Waals surface area contributed by atoms with Gasteiger partial charge in [0.15, 0.2) is 0 Å². The summed E-state index contributed by atoms with van der Waals surface area (Å²) in [5.74, 6) is 0.993. The Labute approximate surface area is 201 Å². The third-order valence-electron chi connectivity index (χ3n) is 7.98. The Morgan fingerprint density at radius 3 is 1.70 bits per heavy atom. The van der Waals surface area contributed by atoms with Crippen molar-refractivity contribution in [3.63, 3.8) is 0 Å². The van der Waals surface area contributed by atoms with Crippen LogP contribution >= 0.6 is 0 Å². The molecule has 0 spiro atoms. The van der Waals surface area contributed by atoms with Crippen LogP contribution in [-0.4, -0.2) is 26.4 Å². The van der Waals surface area contributed by atoms with E-state index >= 15 is 0 Å². The molecule has 0 heterocycles. The quantitative estimate of drug-likeness (QED) is 0.555. The summed E-state index contributed by atoms with van der Waals surface area (Å²) in [7, 11) is -3.77. The van der Waals surface area contributed by atoms with E-state index in [0.717, 1.165) is 51.4 Å². The van der Waals surface area contributed by atoms with Gasteiger partial charge in [0.05, 0.1) is 10.5 Å². The lowest BCUT2D eigenvalue weighted by Crippen LogP contribution is -2.41. The van der Waals surface area contributed by atoms with Crippen molar-refractivity contribution in [3.8, 4) is 0 Å². The van der Waals surface area contributed by atoms with Gasteiger partial charge < -0.3 is 5.32 Å². The third kappa shape index (κ3) is 6.82. The summed E-state index contributed by atoms with van der Waals surface area (Å²) in [6.07, 6.45) is 7.79. The average molecular weight is 477 g/mol. The van der Waals surface area contributed by atoms with Crippen molar-refractivity contribution < 1.29 is 13.2 Å². The molecule has 1 aromatic rings. The Morgan fingerprint density at radius 1 is 0.758 bits per heavy atom. The van der Waals surface area contributed by atoms with Crippen LogP contribution in [0.2, 0.25) is 0 Å². The molecule has 6 heteroatoms. The zero-order valence-electron chi connectivity index (χ0n) is 21.4. The number of nitrogens with one attached hydrogen (secondary N) is 2. The number of sulfonamides is 1. The first-order valence-electron chi connectivity index (χ1n) is 12.7. The summed E-state index contributed by atoms with van der Waals surface area (Å²) in [5, 5.41) is 3.11. The lowest BCUT2D eigenvalue weighted by Gasteiger charge is -2.37. The van der Waals surface area contributed by atoms with Crippen LogP contribution in [-0.2, 0) is 10.0 Å². The summed E-state index contributed by atoms with van der Waals surface area (Å²) in [4.78, 5) is 13.2. The Hall–Kier alpha value is -1.40. The van der Waals surface area contributed by atoms with Gasteiger partial charge >= 0.3 is 0 Å². The highest BCUT2D eigenvalue weighted by atomic mass is 32.2. The number of hydrogen-bond donors (Lipinski definition) is 2. The normalized spacial score (nSPS) is 27.2. The van der Waals surface area contributed by atoms with Gasteiger partial charge in [0.1, 0.15) is 0 Å². The van der Waals surface area contributed by atoms with Crippen molar-refractivity contribution in [1.29, 1.82) is 0 Å². The third-order valence-corrected chi connectivity index (χ3v) is 9.56. The van der Waals surface area contributed by atoms with Gasteiger partial charge in [-0.05, 0) is 86.2 Å². The maximum Gasteiger partial charge on any atom is 0.252 e. The molecule has 186 valence electrons. The smallest absolute Gasteiger partial charge is 0.252 e. The Kier molecular flexibility index (Phi) is 8.00. The minimum absolute atomic E-state index is 0.0719. The van der Waals surface area contributed by atoms with Crippen molar-refractivity contribution in [1.82, 2.24) is 10.0 Å². The summed E-state index contributed by atoms with van der Waals surface area (Å²) < 4.78 is 29.4. The SMILES string of the molecule is CC(C)(C)C1CCC(NC(=O)c2ccccc2S(=O)(=O)NC2CCC(C(C)(C)C)CC2)CC1. The van der Waals surface area contributed by atoms with Crippen molar-refractivity contribution in [3.05, 3.63) is 29.8 Å². The first kappa shape index (κ1) is 26.2. The Balaban J connectivity index is 1.64. The van der Waals surface area contributed by atoms with Crippen molar-refractivity contribution in [2.75, 3.05) is 0 Å². The van der Waals surface area contributed by atoms with Crippen molar-refractivity contribution in [2.45, 2.75) is 110 Å². The largest absolute Gasteiger partial charge is 0.349 e. The monoisotopic (exact) mass is 476 g/mol. The van der Waals surface area contributed by atoms with Crippen LogP contribution in [0.4, 0.5) is 0 Å². The molecule has 5 nitrogen and oxygen atoms in total. The van der Waals surface area contributed by atoms with E-state index in [2.05, 4.69) is 51.6 Å². The highest BCUT2D eigenvalue weighted by Crippen LogP contribution is 2.39. The molecule has 2 aliphatic carbocycles. The van der Waals surface area contributed by atoms with Crippen LogP contribution in [0.5, 0.6) is 0 Å². The van der Waals surface area contributed by atoms with Crippen LogP contribution in [0.25, 0.3) is 0 Å². The number of hydrogen-bond acceptors (Lipinski definition) is 3. The van der Waals surface area contributed by atoms with Crippen LogP contribution in [0.3, 0.4) is 0 Å². The van der Waals surface area contributed by atoms with E-state index in [-0.39, 0.29) is 39.3 Å². The highest BCUT2D eigenvalue weighted by Gasteiger charge is 2.34. The topological polar surface area (TPSA) is 75.3 Å². The first-order chi connectivity index (χ1) is 15.3. The molecule has 1 aromatic carbocycles. The van der Waals surface area contributed by atoms with E-state index in [4.69, 9.17) is 0 Å². The van der Waals surface area contributed by atoms with E-state index < -0.39 is 10.0 Å². The molecule has 0 radical (unpaired) electrons. The molecule has 0 atom stereocenters. The molecule has 2 N–H and O–H groups in total. The fraction of sp³-hybridized carbons (Fsp3) is 0.741. The van der Waals surface area contributed by atoms with Crippen molar-refractivity contribution >= 4 is 15.9 Å². The Bertz CT molecular complexity index is 911. The maximum atomic E-state index is 13.3. The second kappa shape index (κ2) is 10.1. The second-order valence-corrected chi connectivity index (χ2v) is 14.1. The van der Waals surface area contributed by atoms with E-state index in [0.29, 0.717) is 11.8 Å². The summed E-state index contributed by atoms with van der Waals surface area (Å²) >= 11 is 0. The van der Waals surface area contributed by atoms with Gasteiger partial charge in [-0.2, -0.15) is 0 Å². The standard InChI is InChI=1S/C27H44N2O3S/c1-26(2,3)19-11-15-21(16-12-19)28-25(30)23-9-7-8-10-24(23)33(31,32)29-22-17-13-20(14-18-22)27(4,5)6/h7-10,19-22,29H,11-18H2,1-6H3,(H,28,30). The number of carbonyl (C=O) groups is 1. The predicted octanol–water partition coefficient (Wildman–Crippen LogP) is 5.90. The molecule has 2 fully saturated rings. The molecular weight excluding hydrogens is 432 g/mol. The molecule has 0 saturated heterocycles. The number of rotatable bonds is 5. The van der Waals surface area contributed by atoms with Gasteiger partial charge in [0.25, 0.3) is 5.91 Å². The molecule has 0 unspecified atom stereocenters. The zero-order chi connectivity index (χ0) is 24.4. The van der Waals surface area contributed by atoms with Gasteiger partial charge in [-0.1, -0.05) is 53.7 Å². The van der Waals surface area contributed by atoms with Crippen molar-refractivity contribution in [2.24, 2.45) is 22.7 Å². The lowest BCUT2D eigenvalue weighted by atomic mass is 9.71. The van der Waals surface area contributed by atoms with E-state index in [1.807, 2.05) is 0 Å². The van der Waals surface area contributed by atoms with Crippen LogP contribution < -0.4 is 10.0 Å². The highest BCUT2D eigenvalue weighted by molar-refractivity contribution is 7.89. The maximum absolute atomic E-state index is 13.3.